The van der Waals surface area contributed by atoms with Gasteiger partial charge in [0.1, 0.15) is 15.4 Å². The van der Waals surface area contributed by atoms with E-state index in [2.05, 4.69) is 18.8 Å². The molecular weight excluding hydrogens is 218 g/mol. The first-order valence-electron chi connectivity index (χ1n) is 4.96. The lowest BCUT2D eigenvalue weighted by Gasteiger charge is -2.15. The van der Waals surface area contributed by atoms with E-state index in [4.69, 9.17) is 11.6 Å². The van der Waals surface area contributed by atoms with Crippen molar-refractivity contribution in [3.05, 3.63) is 15.5 Å². The maximum Gasteiger partial charge on any atom is 0.123 e. The van der Waals surface area contributed by atoms with Crippen LogP contribution in [-0.4, -0.2) is 10.1 Å². The molecule has 4 heteroatoms. The fourth-order valence-electron chi connectivity index (χ4n) is 1.46. The summed E-state index contributed by atoms with van der Waals surface area (Å²) in [4.78, 5) is 4.07. The second-order valence-electron chi connectivity index (χ2n) is 3.44. The quantitative estimate of drug-likeness (QED) is 0.842. The first-order valence-corrected chi connectivity index (χ1v) is 6.16. The second-order valence-corrected chi connectivity index (χ2v) is 5.13. The lowest BCUT2D eigenvalue weighted by molar-refractivity contribution is 0.141. The lowest BCUT2D eigenvalue weighted by Crippen LogP contribution is -2.05. The highest BCUT2D eigenvalue weighted by Crippen LogP contribution is 2.29. The zero-order chi connectivity index (χ0) is 10.6. The summed E-state index contributed by atoms with van der Waals surface area (Å²) in [6.45, 7) is 4.30. The smallest absolute Gasteiger partial charge is 0.123 e. The highest BCUT2D eigenvalue weighted by Gasteiger charge is 2.16. The first kappa shape index (κ1) is 12.0. The number of nitrogens with zero attached hydrogens (tertiary/aromatic N) is 1. The van der Waals surface area contributed by atoms with Gasteiger partial charge in [0.2, 0.25) is 0 Å². The minimum absolute atomic E-state index is 0.447. The van der Waals surface area contributed by atoms with Crippen LogP contribution in [0.2, 0.25) is 4.34 Å². The van der Waals surface area contributed by atoms with Gasteiger partial charge in [-0.1, -0.05) is 38.3 Å². The minimum atomic E-state index is -0.447. The number of aliphatic hydroxyl groups excluding tert-OH is 1. The van der Waals surface area contributed by atoms with Crippen LogP contribution in [0.3, 0.4) is 0 Å². The molecule has 2 nitrogen and oxygen atoms in total. The highest BCUT2D eigenvalue weighted by atomic mass is 35.5. The van der Waals surface area contributed by atoms with Gasteiger partial charge in [0, 0.05) is 0 Å². The van der Waals surface area contributed by atoms with Gasteiger partial charge in [0.25, 0.3) is 0 Å². The summed E-state index contributed by atoms with van der Waals surface area (Å²) < 4.78 is 0.642. The van der Waals surface area contributed by atoms with Crippen LogP contribution in [0, 0.1) is 5.92 Å². The summed E-state index contributed by atoms with van der Waals surface area (Å²) in [6.07, 6.45) is 4.14. The Kier molecular flexibility index (Phi) is 4.85. The predicted molar refractivity (Wildman–Crippen MR) is 60.8 cm³/mol. The molecule has 1 heterocycles. The van der Waals surface area contributed by atoms with Crippen molar-refractivity contribution in [1.29, 1.82) is 0 Å². The lowest BCUT2D eigenvalue weighted by atomic mass is 9.96. The zero-order valence-electron chi connectivity index (χ0n) is 8.53. The zero-order valence-corrected chi connectivity index (χ0v) is 10.1. The van der Waals surface area contributed by atoms with Crippen molar-refractivity contribution >= 4 is 22.9 Å². The van der Waals surface area contributed by atoms with Crippen molar-refractivity contribution in [2.24, 2.45) is 5.92 Å². The summed E-state index contributed by atoms with van der Waals surface area (Å²) in [5, 5.41) is 10.6. The molecule has 0 bridgehead atoms. The molecule has 1 rings (SSSR count). The normalized spacial score (nSPS) is 13.5. The number of aromatic nitrogens is 1. The molecule has 1 atom stereocenters. The Balaban J connectivity index is 2.53. The molecule has 0 radical (unpaired) electrons. The molecule has 0 amide bonds. The Morgan fingerprint density at radius 2 is 2.14 bits per heavy atom. The van der Waals surface area contributed by atoms with Crippen LogP contribution in [0.1, 0.15) is 44.2 Å². The molecule has 0 aliphatic carbocycles. The Morgan fingerprint density at radius 3 is 2.57 bits per heavy atom. The standard InChI is InChI=1S/C10H16ClNOS/c1-3-7(4-2)5-8(13)10-12-6-9(11)14-10/h6-8,13H,3-5H2,1-2H3. The molecule has 0 aliphatic rings. The number of hydrogen-bond donors (Lipinski definition) is 1. The van der Waals surface area contributed by atoms with Crippen molar-refractivity contribution < 1.29 is 5.11 Å². The average Bonchev–Trinajstić information content (AvgIpc) is 2.61. The topological polar surface area (TPSA) is 33.1 Å². The van der Waals surface area contributed by atoms with Crippen LogP contribution >= 0.6 is 22.9 Å². The van der Waals surface area contributed by atoms with E-state index in [0.29, 0.717) is 10.3 Å². The number of hydrogen-bond acceptors (Lipinski definition) is 3. The van der Waals surface area contributed by atoms with E-state index in [0.717, 1.165) is 24.3 Å². The molecule has 0 saturated heterocycles. The van der Waals surface area contributed by atoms with Gasteiger partial charge in [-0.2, -0.15) is 0 Å². The van der Waals surface area contributed by atoms with Crippen LogP contribution in [-0.2, 0) is 0 Å². The van der Waals surface area contributed by atoms with Crippen molar-refractivity contribution in [3.8, 4) is 0 Å². The summed E-state index contributed by atoms with van der Waals surface area (Å²) in [6, 6.07) is 0. The fourth-order valence-corrected chi connectivity index (χ4v) is 2.39. The Hall–Kier alpha value is -0.120. The van der Waals surface area contributed by atoms with E-state index in [1.165, 1.54) is 11.3 Å². The van der Waals surface area contributed by atoms with E-state index in [1.807, 2.05) is 0 Å². The molecule has 0 aromatic carbocycles. The summed E-state index contributed by atoms with van der Waals surface area (Å²) >= 11 is 7.12. The van der Waals surface area contributed by atoms with Gasteiger partial charge >= 0.3 is 0 Å². The van der Waals surface area contributed by atoms with Gasteiger partial charge in [0.05, 0.1) is 6.20 Å². The van der Waals surface area contributed by atoms with Crippen LogP contribution in [0.4, 0.5) is 0 Å². The van der Waals surface area contributed by atoms with Crippen LogP contribution < -0.4 is 0 Å². The molecule has 1 N–H and O–H groups in total. The Bertz CT molecular complexity index is 273. The van der Waals surface area contributed by atoms with Gasteiger partial charge in [0.15, 0.2) is 0 Å². The molecule has 14 heavy (non-hydrogen) atoms. The second kappa shape index (κ2) is 5.69. The molecule has 80 valence electrons. The SMILES string of the molecule is CCC(CC)CC(O)c1ncc(Cl)s1. The summed E-state index contributed by atoms with van der Waals surface area (Å²) in [5.41, 5.74) is 0. The van der Waals surface area contributed by atoms with Crippen molar-refractivity contribution in [2.75, 3.05) is 0 Å². The molecule has 1 aromatic rings. The Labute approximate surface area is 93.9 Å². The average molecular weight is 234 g/mol. The van der Waals surface area contributed by atoms with E-state index < -0.39 is 6.10 Å². The molecule has 0 aliphatic heterocycles. The third-order valence-electron chi connectivity index (χ3n) is 2.49. The predicted octanol–water partition coefficient (Wildman–Crippen LogP) is 3.66. The monoisotopic (exact) mass is 233 g/mol. The summed E-state index contributed by atoms with van der Waals surface area (Å²) in [7, 11) is 0. The van der Waals surface area contributed by atoms with Gasteiger partial charge < -0.3 is 5.11 Å². The maximum atomic E-state index is 9.86. The van der Waals surface area contributed by atoms with E-state index >= 15 is 0 Å². The van der Waals surface area contributed by atoms with Crippen LogP contribution in [0.5, 0.6) is 0 Å². The van der Waals surface area contributed by atoms with Gasteiger partial charge in [-0.25, -0.2) is 4.98 Å². The fraction of sp³-hybridized carbons (Fsp3) is 0.700. The highest BCUT2D eigenvalue weighted by molar-refractivity contribution is 7.15. The maximum absolute atomic E-state index is 9.86. The van der Waals surface area contributed by atoms with Crippen molar-refractivity contribution in [3.63, 3.8) is 0 Å². The molecular formula is C10H16ClNOS. The molecule has 0 fully saturated rings. The number of thiazole rings is 1. The van der Waals surface area contributed by atoms with E-state index in [9.17, 15) is 5.11 Å². The van der Waals surface area contributed by atoms with Gasteiger partial charge in [-0.3, -0.25) is 0 Å². The van der Waals surface area contributed by atoms with Gasteiger partial charge in [-0.15, -0.1) is 11.3 Å². The van der Waals surface area contributed by atoms with Crippen LogP contribution in [0.25, 0.3) is 0 Å². The van der Waals surface area contributed by atoms with E-state index in [-0.39, 0.29) is 0 Å². The van der Waals surface area contributed by atoms with Crippen molar-refractivity contribution in [1.82, 2.24) is 4.98 Å². The van der Waals surface area contributed by atoms with E-state index in [1.54, 1.807) is 6.20 Å². The number of aliphatic hydroxyl groups is 1. The number of halogens is 1. The molecule has 0 saturated carbocycles. The molecule has 1 unspecified atom stereocenters. The Morgan fingerprint density at radius 1 is 1.50 bits per heavy atom. The minimum Gasteiger partial charge on any atom is -0.386 e. The van der Waals surface area contributed by atoms with Crippen LogP contribution in [0.15, 0.2) is 6.20 Å². The third kappa shape index (κ3) is 3.23. The largest absolute Gasteiger partial charge is 0.386 e. The molecule has 0 spiro atoms. The first-order chi connectivity index (χ1) is 6.67. The van der Waals surface area contributed by atoms with Gasteiger partial charge in [-0.05, 0) is 12.3 Å². The third-order valence-corrected chi connectivity index (χ3v) is 3.71. The number of rotatable bonds is 5. The van der Waals surface area contributed by atoms with Crippen molar-refractivity contribution in [2.45, 2.75) is 39.2 Å². The molecule has 1 aromatic heterocycles. The summed E-state index contributed by atoms with van der Waals surface area (Å²) in [5.74, 6) is 0.577.